The summed E-state index contributed by atoms with van der Waals surface area (Å²) in [6, 6.07) is 0. The number of hydrogen-bond donors (Lipinski definition) is 1. The minimum atomic E-state index is -0.103. The van der Waals surface area contributed by atoms with E-state index in [2.05, 4.69) is 12.2 Å². The Bertz CT molecular complexity index is 351. The monoisotopic (exact) mass is 281 g/mol. The van der Waals surface area contributed by atoms with Crippen LogP contribution in [0, 0.1) is 11.3 Å². The third-order valence-corrected chi connectivity index (χ3v) is 5.71. The average molecular weight is 281 g/mol. The van der Waals surface area contributed by atoms with Crippen LogP contribution in [-0.2, 0) is 14.3 Å². The summed E-state index contributed by atoms with van der Waals surface area (Å²) in [5.41, 5.74) is -0.174. The molecule has 0 aliphatic carbocycles. The summed E-state index contributed by atoms with van der Waals surface area (Å²) in [7, 11) is 0. The average Bonchev–Trinajstić information content (AvgIpc) is 2.97. The molecule has 114 valence electrons. The molecule has 20 heavy (non-hydrogen) atoms. The lowest BCUT2D eigenvalue weighted by molar-refractivity contribution is -0.161. The minimum Gasteiger partial charge on any atom is -0.381 e. The summed E-state index contributed by atoms with van der Waals surface area (Å²) in [5, 5.41) is 3.38. The molecule has 4 heteroatoms. The number of Topliss-reactive ketones (excluding diaryl/α,β-unsaturated/α-hetero) is 1. The van der Waals surface area contributed by atoms with Crippen molar-refractivity contribution in [1.82, 2.24) is 5.32 Å². The van der Waals surface area contributed by atoms with E-state index in [0.29, 0.717) is 5.78 Å². The van der Waals surface area contributed by atoms with E-state index in [0.717, 1.165) is 71.4 Å². The molecular weight excluding hydrogens is 254 g/mol. The largest absolute Gasteiger partial charge is 0.381 e. The van der Waals surface area contributed by atoms with Crippen molar-refractivity contribution >= 4 is 5.78 Å². The molecule has 4 nitrogen and oxygen atoms in total. The first-order chi connectivity index (χ1) is 9.70. The van der Waals surface area contributed by atoms with Gasteiger partial charge in [0.25, 0.3) is 0 Å². The van der Waals surface area contributed by atoms with Gasteiger partial charge in [-0.3, -0.25) is 4.79 Å². The van der Waals surface area contributed by atoms with E-state index in [1.54, 1.807) is 0 Å². The fourth-order valence-electron chi connectivity index (χ4n) is 4.21. The van der Waals surface area contributed by atoms with Crippen LogP contribution < -0.4 is 5.32 Å². The second-order valence-corrected chi connectivity index (χ2v) is 6.76. The zero-order valence-corrected chi connectivity index (χ0v) is 12.6. The first-order valence-electron chi connectivity index (χ1n) is 8.16. The number of ether oxygens (including phenoxy) is 2. The van der Waals surface area contributed by atoms with Crippen molar-refractivity contribution in [2.45, 2.75) is 51.0 Å². The molecule has 1 N–H and O–H groups in total. The van der Waals surface area contributed by atoms with Gasteiger partial charge in [0.15, 0.2) is 0 Å². The second kappa shape index (κ2) is 5.74. The van der Waals surface area contributed by atoms with E-state index in [4.69, 9.17) is 9.47 Å². The van der Waals surface area contributed by atoms with Crippen LogP contribution in [0.15, 0.2) is 0 Å². The molecule has 0 saturated carbocycles. The Morgan fingerprint density at radius 2 is 2.05 bits per heavy atom. The van der Waals surface area contributed by atoms with Gasteiger partial charge in [0, 0.05) is 37.7 Å². The van der Waals surface area contributed by atoms with Crippen molar-refractivity contribution in [3.8, 4) is 0 Å². The summed E-state index contributed by atoms with van der Waals surface area (Å²) in [5.74, 6) is 0.695. The van der Waals surface area contributed by atoms with Gasteiger partial charge in [-0.05, 0) is 45.1 Å². The topological polar surface area (TPSA) is 47.6 Å². The molecule has 0 aromatic carbocycles. The fourth-order valence-corrected chi connectivity index (χ4v) is 4.21. The smallest absolute Gasteiger partial charge is 0.143 e. The summed E-state index contributed by atoms with van der Waals surface area (Å²) in [6.45, 7) is 6.32. The third kappa shape index (κ3) is 2.53. The van der Waals surface area contributed by atoms with E-state index >= 15 is 0 Å². The normalized spacial score (nSPS) is 37.1. The molecule has 3 aliphatic heterocycles. The van der Waals surface area contributed by atoms with Crippen LogP contribution in [0.3, 0.4) is 0 Å². The molecule has 3 heterocycles. The SMILES string of the molecule is CCC1(C(=O)C2CCOC3(CCOCC3)C2)CCNC1. The van der Waals surface area contributed by atoms with E-state index < -0.39 is 0 Å². The van der Waals surface area contributed by atoms with Gasteiger partial charge in [-0.25, -0.2) is 0 Å². The Kier molecular flexibility index (Phi) is 4.16. The molecule has 0 aromatic heterocycles. The molecule has 3 aliphatic rings. The summed E-state index contributed by atoms with van der Waals surface area (Å²) < 4.78 is 11.5. The van der Waals surface area contributed by atoms with Crippen LogP contribution in [0.4, 0.5) is 0 Å². The van der Waals surface area contributed by atoms with Crippen LogP contribution in [0.25, 0.3) is 0 Å². The third-order valence-electron chi connectivity index (χ3n) is 5.71. The van der Waals surface area contributed by atoms with Crippen LogP contribution in [0.2, 0.25) is 0 Å². The van der Waals surface area contributed by atoms with Gasteiger partial charge in [-0.2, -0.15) is 0 Å². The quantitative estimate of drug-likeness (QED) is 0.858. The molecule has 2 atom stereocenters. The van der Waals surface area contributed by atoms with Crippen LogP contribution in [-0.4, -0.2) is 44.3 Å². The number of nitrogens with one attached hydrogen (secondary N) is 1. The van der Waals surface area contributed by atoms with Gasteiger partial charge in [0.1, 0.15) is 5.78 Å². The van der Waals surface area contributed by atoms with Gasteiger partial charge in [0.2, 0.25) is 0 Å². The first kappa shape index (κ1) is 14.5. The number of rotatable bonds is 3. The van der Waals surface area contributed by atoms with E-state index in [1.165, 1.54) is 0 Å². The maximum Gasteiger partial charge on any atom is 0.143 e. The lowest BCUT2D eigenvalue weighted by Crippen LogP contribution is -2.48. The molecule has 0 radical (unpaired) electrons. The van der Waals surface area contributed by atoms with Crippen molar-refractivity contribution < 1.29 is 14.3 Å². The lowest BCUT2D eigenvalue weighted by Gasteiger charge is -2.44. The maximum absolute atomic E-state index is 13.1. The number of ketones is 1. The highest BCUT2D eigenvalue weighted by molar-refractivity contribution is 5.87. The summed E-state index contributed by atoms with van der Waals surface area (Å²) in [4.78, 5) is 13.1. The summed E-state index contributed by atoms with van der Waals surface area (Å²) in [6.07, 6.45) is 5.70. The zero-order valence-electron chi connectivity index (χ0n) is 12.6. The zero-order chi connectivity index (χ0) is 14.1. The molecular formula is C16H27NO3. The summed E-state index contributed by atoms with van der Waals surface area (Å²) >= 11 is 0. The molecule has 3 fully saturated rings. The van der Waals surface area contributed by atoms with E-state index in [1.807, 2.05) is 0 Å². The van der Waals surface area contributed by atoms with Crippen molar-refractivity contribution in [2.75, 3.05) is 32.9 Å². The number of hydrogen-bond acceptors (Lipinski definition) is 4. The predicted molar refractivity (Wildman–Crippen MR) is 76.7 cm³/mol. The van der Waals surface area contributed by atoms with Crippen LogP contribution in [0.5, 0.6) is 0 Å². The van der Waals surface area contributed by atoms with E-state index in [-0.39, 0.29) is 16.9 Å². The molecule has 0 amide bonds. The fraction of sp³-hybridized carbons (Fsp3) is 0.938. The Morgan fingerprint density at radius 1 is 1.25 bits per heavy atom. The first-order valence-corrected chi connectivity index (χ1v) is 8.16. The van der Waals surface area contributed by atoms with E-state index in [9.17, 15) is 4.79 Å². The van der Waals surface area contributed by atoms with Crippen molar-refractivity contribution in [1.29, 1.82) is 0 Å². The highest BCUT2D eigenvalue weighted by Crippen LogP contribution is 2.42. The molecule has 3 rings (SSSR count). The molecule has 0 bridgehead atoms. The highest BCUT2D eigenvalue weighted by atomic mass is 16.5. The minimum absolute atomic E-state index is 0.0716. The van der Waals surface area contributed by atoms with Crippen LogP contribution >= 0.6 is 0 Å². The van der Waals surface area contributed by atoms with Crippen molar-refractivity contribution in [2.24, 2.45) is 11.3 Å². The van der Waals surface area contributed by atoms with Gasteiger partial charge >= 0.3 is 0 Å². The standard InChI is InChI=1S/C16H27NO3/c1-2-15(4-7-17-12-15)14(18)13-3-8-20-16(11-13)5-9-19-10-6-16/h13,17H,2-12H2,1H3. The predicted octanol–water partition coefficient (Wildman–Crippen LogP) is 1.92. The molecule has 0 aromatic rings. The number of carbonyl (C=O) groups is 1. The molecule has 2 unspecified atom stereocenters. The molecule has 3 saturated heterocycles. The second-order valence-electron chi connectivity index (χ2n) is 6.76. The molecule has 1 spiro atoms. The van der Waals surface area contributed by atoms with Crippen molar-refractivity contribution in [3.05, 3.63) is 0 Å². The maximum atomic E-state index is 13.1. The Labute approximate surface area is 121 Å². The van der Waals surface area contributed by atoms with Gasteiger partial charge in [-0.15, -0.1) is 0 Å². The number of carbonyl (C=O) groups excluding carboxylic acids is 1. The lowest BCUT2D eigenvalue weighted by atomic mass is 9.69. The Hall–Kier alpha value is -0.450. The Balaban J connectivity index is 1.71. The Morgan fingerprint density at radius 3 is 2.70 bits per heavy atom. The highest BCUT2D eigenvalue weighted by Gasteiger charge is 2.47. The van der Waals surface area contributed by atoms with Gasteiger partial charge in [-0.1, -0.05) is 6.92 Å². The van der Waals surface area contributed by atoms with Crippen molar-refractivity contribution in [3.63, 3.8) is 0 Å². The van der Waals surface area contributed by atoms with Gasteiger partial charge < -0.3 is 14.8 Å². The van der Waals surface area contributed by atoms with Gasteiger partial charge in [0.05, 0.1) is 5.60 Å². The van der Waals surface area contributed by atoms with Crippen LogP contribution in [0.1, 0.15) is 45.4 Å².